The molecule has 0 atom stereocenters. The molecule has 10 nitrogen and oxygen atoms in total. The molecule has 0 spiro atoms. The van der Waals surface area contributed by atoms with Crippen LogP contribution in [0, 0.1) is 6.57 Å². The fourth-order valence-electron chi connectivity index (χ4n) is 3.49. The van der Waals surface area contributed by atoms with E-state index in [2.05, 4.69) is 30.8 Å². The van der Waals surface area contributed by atoms with E-state index in [-0.39, 0.29) is 35.4 Å². The van der Waals surface area contributed by atoms with Crippen LogP contribution in [0.4, 0.5) is 28.8 Å². The molecule has 4 rings (SSSR count). The molecule has 0 aliphatic heterocycles. The average Bonchev–Trinajstić information content (AvgIpc) is 3.62. The normalized spacial score (nSPS) is 13.3. The maximum absolute atomic E-state index is 12.4. The average molecular weight is 470 g/mol. The molecule has 1 aromatic heterocycles. The summed E-state index contributed by atoms with van der Waals surface area (Å²) in [6.07, 6.45) is 2.79. The van der Waals surface area contributed by atoms with E-state index in [1.165, 1.54) is 13.1 Å². The number of carbonyl (C=O) groups excluding carboxylic acids is 3. The summed E-state index contributed by atoms with van der Waals surface area (Å²) in [4.78, 5) is 47.6. The second-order valence-electron chi connectivity index (χ2n) is 8.27. The van der Waals surface area contributed by atoms with Gasteiger partial charge in [0, 0.05) is 49.4 Å². The van der Waals surface area contributed by atoms with E-state index in [1.54, 1.807) is 48.5 Å². The Bertz CT molecular complexity index is 1340. The van der Waals surface area contributed by atoms with Crippen LogP contribution in [0.25, 0.3) is 4.85 Å². The largest absolute Gasteiger partial charge is 0.365 e. The van der Waals surface area contributed by atoms with E-state index in [9.17, 15) is 14.4 Å². The third kappa shape index (κ3) is 5.59. The quantitative estimate of drug-likeness (QED) is 0.351. The van der Waals surface area contributed by atoms with Gasteiger partial charge in [-0.25, -0.2) is 11.6 Å². The fraction of sp³-hybridized carbons (Fsp3) is 0.200. The van der Waals surface area contributed by atoms with Gasteiger partial charge in [-0.15, -0.1) is 0 Å². The van der Waals surface area contributed by atoms with Crippen LogP contribution < -0.4 is 21.7 Å². The minimum Gasteiger partial charge on any atom is -0.365 e. The van der Waals surface area contributed by atoms with E-state index in [0.717, 1.165) is 5.56 Å². The number of Topliss-reactive ketones (excluding diaryl/α,β-unsaturated/α-hetero) is 1. The highest BCUT2D eigenvalue weighted by molar-refractivity contribution is 5.98. The number of carbonyl (C=O) groups is 3. The molecule has 3 aromatic rings. The van der Waals surface area contributed by atoms with E-state index in [1.807, 2.05) is 0 Å². The number of nitrogens with two attached hydrogens (primary N) is 1. The number of aromatic nitrogens is 2. The van der Waals surface area contributed by atoms with Crippen molar-refractivity contribution in [1.29, 1.82) is 0 Å². The molecule has 10 heteroatoms. The van der Waals surface area contributed by atoms with Crippen LogP contribution in [0.2, 0.25) is 0 Å². The Morgan fingerprint density at radius 1 is 1.06 bits per heavy atom. The van der Waals surface area contributed by atoms with Gasteiger partial charge in [0.25, 0.3) is 11.4 Å². The topological polar surface area (TPSA) is 143 Å². The van der Waals surface area contributed by atoms with Gasteiger partial charge >= 0.3 is 0 Å². The molecule has 0 saturated heterocycles. The van der Waals surface area contributed by atoms with Gasteiger partial charge in [-0.3, -0.25) is 14.4 Å². The lowest BCUT2D eigenvalue weighted by Crippen LogP contribution is -2.20. The van der Waals surface area contributed by atoms with Gasteiger partial charge in [0.1, 0.15) is 11.4 Å². The molecule has 0 bridgehead atoms. The number of anilines is 5. The Morgan fingerprint density at radius 3 is 2.40 bits per heavy atom. The standard InChI is InChI=1S/C25H23N7O3/c1-15(33)29-18-4-3-5-19(13-18)31-24-28-14-20(22(26)35)23(32-24)30-17-8-6-16(7-9-17)12-21(34)25(27-2)10-11-25/h3-9,13-14H,10-12H2,1H3,(H2,26,35)(H,29,33)(H2,28,30,31,32). The molecule has 0 unspecified atom stereocenters. The lowest BCUT2D eigenvalue weighted by atomic mass is 10.0. The van der Waals surface area contributed by atoms with Crippen molar-refractivity contribution in [3.63, 3.8) is 0 Å². The summed E-state index contributed by atoms with van der Waals surface area (Å²) < 4.78 is 0. The second kappa shape index (κ2) is 9.61. The molecule has 35 heavy (non-hydrogen) atoms. The summed E-state index contributed by atoms with van der Waals surface area (Å²) in [7, 11) is 0. The smallest absolute Gasteiger partial charge is 0.290 e. The Hall–Kier alpha value is -4.78. The first kappa shape index (κ1) is 23.4. The highest BCUT2D eigenvalue weighted by atomic mass is 16.2. The van der Waals surface area contributed by atoms with E-state index < -0.39 is 11.4 Å². The highest BCUT2D eigenvalue weighted by Crippen LogP contribution is 2.41. The Labute approximate surface area is 201 Å². The number of hydrogen-bond acceptors (Lipinski definition) is 7. The molecule has 0 radical (unpaired) electrons. The lowest BCUT2D eigenvalue weighted by molar-refractivity contribution is -0.119. The molecule has 176 valence electrons. The molecule has 1 fully saturated rings. The van der Waals surface area contributed by atoms with Gasteiger partial charge in [0.05, 0.1) is 0 Å². The van der Waals surface area contributed by atoms with Gasteiger partial charge in [0.15, 0.2) is 0 Å². The van der Waals surface area contributed by atoms with Crippen molar-refractivity contribution in [3.05, 3.63) is 77.3 Å². The van der Waals surface area contributed by atoms with Crippen molar-refractivity contribution in [1.82, 2.24) is 9.97 Å². The van der Waals surface area contributed by atoms with Crippen LogP contribution in [0.1, 0.15) is 35.7 Å². The fourth-order valence-corrected chi connectivity index (χ4v) is 3.49. The van der Waals surface area contributed by atoms with Crippen molar-refractivity contribution in [3.8, 4) is 0 Å². The lowest BCUT2D eigenvalue weighted by Gasteiger charge is -2.12. The van der Waals surface area contributed by atoms with Crippen molar-refractivity contribution < 1.29 is 14.4 Å². The number of primary amides is 1. The van der Waals surface area contributed by atoms with Crippen LogP contribution in [-0.4, -0.2) is 33.1 Å². The Kier molecular flexibility index (Phi) is 6.42. The van der Waals surface area contributed by atoms with Gasteiger partial charge in [-0.2, -0.15) is 4.98 Å². The van der Waals surface area contributed by atoms with E-state index in [4.69, 9.17) is 12.3 Å². The van der Waals surface area contributed by atoms with Crippen LogP contribution in [0.3, 0.4) is 0 Å². The zero-order valence-corrected chi connectivity index (χ0v) is 19.0. The van der Waals surface area contributed by atoms with Gasteiger partial charge in [-0.1, -0.05) is 18.2 Å². The van der Waals surface area contributed by atoms with Crippen LogP contribution in [-0.2, 0) is 16.0 Å². The summed E-state index contributed by atoms with van der Waals surface area (Å²) in [5.41, 5.74) is 7.46. The predicted molar refractivity (Wildman–Crippen MR) is 132 cm³/mol. The highest BCUT2D eigenvalue weighted by Gasteiger charge is 2.57. The molecule has 1 heterocycles. The van der Waals surface area contributed by atoms with E-state index in [0.29, 0.717) is 29.9 Å². The third-order valence-electron chi connectivity index (χ3n) is 5.53. The monoisotopic (exact) mass is 469 g/mol. The molecular weight excluding hydrogens is 446 g/mol. The summed E-state index contributed by atoms with van der Waals surface area (Å²) in [6.45, 7) is 8.65. The zero-order valence-electron chi connectivity index (χ0n) is 19.0. The Balaban J connectivity index is 1.50. The molecule has 1 saturated carbocycles. The first-order valence-electron chi connectivity index (χ1n) is 10.9. The maximum Gasteiger partial charge on any atom is 0.290 e. The summed E-state index contributed by atoms with van der Waals surface area (Å²) in [5, 5.41) is 8.81. The number of benzene rings is 2. The summed E-state index contributed by atoms with van der Waals surface area (Å²) in [5.74, 6) is -0.513. The summed E-state index contributed by atoms with van der Waals surface area (Å²) in [6, 6.07) is 14.1. The minimum atomic E-state index is -0.820. The van der Waals surface area contributed by atoms with Crippen molar-refractivity contribution in [2.45, 2.75) is 31.7 Å². The van der Waals surface area contributed by atoms with E-state index >= 15 is 0 Å². The summed E-state index contributed by atoms with van der Waals surface area (Å²) >= 11 is 0. The van der Waals surface area contributed by atoms with Gasteiger partial charge < -0.3 is 26.5 Å². The molecule has 2 amide bonds. The predicted octanol–water partition coefficient (Wildman–Crippen LogP) is 3.58. The first-order chi connectivity index (χ1) is 16.8. The number of nitrogens with zero attached hydrogens (tertiary/aromatic N) is 3. The minimum absolute atomic E-state index is 0.0571. The van der Waals surface area contributed by atoms with Crippen LogP contribution in [0.5, 0.6) is 0 Å². The molecule has 2 aromatic carbocycles. The van der Waals surface area contributed by atoms with Crippen molar-refractivity contribution in [2.75, 3.05) is 16.0 Å². The second-order valence-corrected chi connectivity index (χ2v) is 8.27. The number of amides is 2. The SMILES string of the molecule is [C-]#[N+]C1(C(=O)Cc2ccc(Nc3nc(Nc4cccc(NC(C)=O)c4)ncc3C(N)=O)cc2)CC1. The van der Waals surface area contributed by atoms with Gasteiger partial charge in [0.2, 0.25) is 17.6 Å². The molecule has 1 aliphatic carbocycles. The number of nitrogens with one attached hydrogen (secondary N) is 3. The van der Waals surface area contributed by atoms with Gasteiger partial charge in [-0.05, 0) is 35.9 Å². The molecule has 1 aliphatic rings. The number of ketones is 1. The maximum atomic E-state index is 12.4. The van der Waals surface area contributed by atoms with Crippen molar-refractivity contribution in [2.24, 2.45) is 5.73 Å². The Morgan fingerprint density at radius 2 is 1.77 bits per heavy atom. The van der Waals surface area contributed by atoms with Crippen LogP contribution in [0.15, 0.2) is 54.7 Å². The number of hydrogen-bond donors (Lipinski definition) is 4. The molecular formula is C25H23N7O3. The zero-order chi connectivity index (χ0) is 25.0. The number of rotatable bonds is 9. The first-order valence-corrected chi connectivity index (χ1v) is 10.9. The van der Waals surface area contributed by atoms with Crippen LogP contribution >= 0.6 is 0 Å². The van der Waals surface area contributed by atoms with Crippen molar-refractivity contribution >= 4 is 46.4 Å². The molecule has 5 N–H and O–H groups in total. The third-order valence-corrected chi connectivity index (χ3v) is 5.53.